The predicted molar refractivity (Wildman–Crippen MR) is 124 cm³/mol. The number of carbonyl (C=O) groups is 2. The van der Waals surface area contributed by atoms with Gasteiger partial charge in [-0.25, -0.2) is 9.97 Å². The Morgan fingerprint density at radius 2 is 1.78 bits per heavy atom. The third kappa shape index (κ3) is 5.53. The fourth-order valence-corrected chi connectivity index (χ4v) is 4.98. The number of hydrogen-bond donors (Lipinski definition) is 1. The number of benzene rings is 1. The van der Waals surface area contributed by atoms with Crippen LogP contribution in [0.5, 0.6) is 0 Å². The molecule has 1 saturated carbocycles. The number of amides is 2. The molecule has 0 radical (unpaired) electrons. The first-order chi connectivity index (χ1) is 15.6. The maximum absolute atomic E-state index is 13.2. The molecule has 2 heterocycles. The molecule has 1 aromatic carbocycles. The Kier molecular flexibility index (Phi) is 7.51. The number of likely N-dealkylation sites (tertiary alicyclic amines) is 1. The second-order valence-electron chi connectivity index (χ2n) is 9.11. The number of rotatable bonds is 6. The summed E-state index contributed by atoms with van der Waals surface area (Å²) in [5.74, 6) is 0.666. The third-order valence-corrected chi connectivity index (χ3v) is 6.73. The lowest BCUT2D eigenvalue weighted by Crippen LogP contribution is -2.41. The number of carbonyl (C=O) groups excluding carboxylic acids is 2. The molecule has 0 bridgehead atoms. The van der Waals surface area contributed by atoms with Gasteiger partial charge in [0.15, 0.2) is 0 Å². The van der Waals surface area contributed by atoms with Gasteiger partial charge in [-0.1, -0.05) is 49.6 Å². The van der Waals surface area contributed by atoms with Crippen LogP contribution in [0.25, 0.3) is 0 Å². The Hall–Kier alpha value is -2.76. The van der Waals surface area contributed by atoms with E-state index in [2.05, 4.69) is 22.4 Å². The van der Waals surface area contributed by atoms with Gasteiger partial charge in [0.1, 0.15) is 5.82 Å². The lowest BCUT2D eigenvalue weighted by atomic mass is 9.93. The van der Waals surface area contributed by atoms with E-state index in [1.54, 1.807) is 6.20 Å². The summed E-state index contributed by atoms with van der Waals surface area (Å²) in [6.07, 6.45) is 11.3. The van der Waals surface area contributed by atoms with Gasteiger partial charge in [0.2, 0.25) is 5.91 Å². The lowest BCUT2D eigenvalue weighted by Gasteiger charge is -2.36. The van der Waals surface area contributed by atoms with E-state index in [1.807, 2.05) is 30.0 Å². The van der Waals surface area contributed by atoms with Gasteiger partial charge >= 0.3 is 0 Å². The molecule has 1 saturated heterocycles. The van der Waals surface area contributed by atoms with Crippen LogP contribution in [0.2, 0.25) is 0 Å². The predicted octanol–water partition coefficient (Wildman–Crippen LogP) is 4.53. The summed E-state index contributed by atoms with van der Waals surface area (Å²) in [6, 6.07) is 10.2. The highest BCUT2D eigenvalue weighted by molar-refractivity contribution is 5.95. The van der Waals surface area contributed by atoms with Gasteiger partial charge in [0.25, 0.3) is 5.91 Å². The fraction of sp³-hybridized carbons (Fsp3) is 0.538. The van der Waals surface area contributed by atoms with Gasteiger partial charge in [-0.05, 0) is 51.0 Å². The molecule has 2 fully saturated rings. The average molecular weight is 435 g/mol. The Bertz CT molecular complexity index is 925. The zero-order valence-corrected chi connectivity index (χ0v) is 19.1. The summed E-state index contributed by atoms with van der Waals surface area (Å²) < 4.78 is 0. The second-order valence-corrected chi connectivity index (χ2v) is 9.11. The standard InChI is InChI=1S/C26H34N4O2/c1-19-27-18-22(26(32)29-21-12-6-3-7-13-21)25(28-19)23-14-8-9-17-30(23)24(31)16-15-20-10-4-2-5-11-20/h2,4-5,10-11,18,21,23H,3,6-9,12-17H2,1H3,(H,29,32)/t23-/m1/s1. The minimum Gasteiger partial charge on any atom is -0.349 e. The molecule has 0 spiro atoms. The van der Waals surface area contributed by atoms with Crippen LogP contribution in [0.3, 0.4) is 0 Å². The molecule has 6 heteroatoms. The number of aryl methyl sites for hydroxylation is 2. The van der Waals surface area contributed by atoms with Crippen molar-refractivity contribution in [1.82, 2.24) is 20.2 Å². The summed E-state index contributed by atoms with van der Waals surface area (Å²) in [4.78, 5) is 37.4. The molecule has 1 aliphatic carbocycles. The molecular weight excluding hydrogens is 400 g/mol. The number of hydrogen-bond acceptors (Lipinski definition) is 4. The smallest absolute Gasteiger partial charge is 0.255 e. The maximum atomic E-state index is 13.2. The van der Waals surface area contributed by atoms with Crippen LogP contribution in [0.1, 0.15) is 91.3 Å². The summed E-state index contributed by atoms with van der Waals surface area (Å²) >= 11 is 0. The topological polar surface area (TPSA) is 75.2 Å². The van der Waals surface area contributed by atoms with Crippen molar-refractivity contribution < 1.29 is 9.59 Å². The quantitative estimate of drug-likeness (QED) is 0.725. The van der Waals surface area contributed by atoms with Crippen molar-refractivity contribution in [3.05, 3.63) is 59.2 Å². The lowest BCUT2D eigenvalue weighted by molar-refractivity contribution is -0.135. The van der Waals surface area contributed by atoms with Crippen LogP contribution in [-0.4, -0.2) is 39.3 Å². The van der Waals surface area contributed by atoms with Crippen molar-refractivity contribution in [2.45, 2.75) is 83.2 Å². The zero-order valence-electron chi connectivity index (χ0n) is 19.1. The molecule has 2 aliphatic rings. The SMILES string of the molecule is Cc1ncc(C(=O)NC2CCCCC2)c([C@H]2CCCCN2C(=O)CCc2ccccc2)n1. The molecule has 2 amide bonds. The second kappa shape index (κ2) is 10.7. The van der Waals surface area contributed by atoms with Gasteiger partial charge in [0, 0.05) is 25.2 Å². The van der Waals surface area contributed by atoms with Crippen molar-refractivity contribution in [3.63, 3.8) is 0 Å². The van der Waals surface area contributed by atoms with E-state index in [1.165, 1.54) is 12.0 Å². The van der Waals surface area contributed by atoms with Crippen molar-refractivity contribution in [2.75, 3.05) is 6.54 Å². The van der Waals surface area contributed by atoms with E-state index in [0.717, 1.165) is 51.4 Å². The first-order valence-corrected chi connectivity index (χ1v) is 12.1. The molecule has 0 unspecified atom stereocenters. The van der Waals surface area contributed by atoms with Crippen LogP contribution in [0, 0.1) is 6.92 Å². The number of nitrogens with zero attached hydrogens (tertiary/aromatic N) is 3. The highest BCUT2D eigenvalue weighted by atomic mass is 16.2. The van der Waals surface area contributed by atoms with Crippen molar-refractivity contribution in [1.29, 1.82) is 0 Å². The van der Waals surface area contributed by atoms with E-state index in [4.69, 9.17) is 4.98 Å². The number of piperidine rings is 1. The summed E-state index contributed by atoms with van der Waals surface area (Å²) in [5.41, 5.74) is 2.40. The van der Waals surface area contributed by atoms with Gasteiger partial charge in [-0.3, -0.25) is 9.59 Å². The molecule has 32 heavy (non-hydrogen) atoms. The summed E-state index contributed by atoms with van der Waals surface area (Å²) in [6.45, 7) is 2.56. The average Bonchev–Trinajstić information content (AvgIpc) is 2.83. The van der Waals surface area contributed by atoms with Crippen molar-refractivity contribution in [3.8, 4) is 0 Å². The van der Waals surface area contributed by atoms with Crippen LogP contribution in [0.4, 0.5) is 0 Å². The van der Waals surface area contributed by atoms with E-state index >= 15 is 0 Å². The largest absolute Gasteiger partial charge is 0.349 e. The molecule has 4 rings (SSSR count). The normalized spacial score (nSPS) is 19.5. The molecule has 1 aromatic heterocycles. The van der Waals surface area contributed by atoms with Crippen LogP contribution >= 0.6 is 0 Å². The summed E-state index contributed by atoms with van der Waals surface area (Å²) in [7, 11) is 0. The molecule has 1 aliphatic heterocycles. The van der Waals surface area contributed by atoms with Crippen LogP contribution in [-0.2, 0) is 11.2 Å². The third-order valence-electron chi connectivity index (χ3n) is 6.73. The Balaban J connectivity index is 1.52. The fourth-order valence-electron chi connectivity index (χ4n) is 4.98. The maximum Gasteiger partial charge on any atom is 0.255 e. The molecule has 170 valence electrons. The zero-order chi connectivity index (χ0) is 22.3. The molecule has 1 N–H and O–H groups in total. The number of nitrogens with one attached hydrogen (secondary N) is 1. The van der Waals surface area contributed by atoms with Gasteiger partial charge < -0.3 is 10.2 Å². The van der Waals surface area contributed by atoms with Crippen LogP contribution < -0.4 is 5.32 Å². The Labute approximate surface area is 190 Å². The first-order valence-electron chi connectivity index (χ1n) is 12.1. The van der Waals surface area contributed by atoms with Crippen molar-refractivity contribution in [2.24, 2.45) is 0 Å². The van der Waals surface area contributed by atoms with Gasteiger partial charge in [0.05, 0.1) is 17.3 Å². The highest BCUT2D eigenvalue weighted by Crippen LogP contribution is 2.32. The van der Waals surface area contributed by atoms with Gasteiger partial charge in [-0.15, -0.1) is 0 Å². The van der Waals surface area contributed by atoms with Crippen LogP contribution in [0.15, 0.2) is 36.5 Å². The molecule has 1 atom stereocenters. The molecular formula is C26H34N4O2. The minimum absolute atomic E-state index is 0.103. The molecule has 6 nitrogen and oxygen atoms in total. The minimum atomic E-state index is -0.166. The number of aromatic nitrogens is 2. The van der Waals surface area contributed by atoms with E-state index in [-0.39, 0.29) is 23.9 Å². The van der Waals surface area contributed by atoms with E-state index in [0.29, 0.717) is 30.0 Å². The van der Waals surface area contributed by atoms with E-state index < -0.39 is 0 Å². The first kappa shape index (κ1) is 22.4. The molecule has 2 aromatic rings. The monoisotopic (exact) mass is 434 g/mol. The van der Waals surface area contributed by atoms with E-state index in [9.17, 15) is 9.59 Å². The van der Waals surface area contributed by atoms with Gasteiger partial charge in [-0.2, -0.15) is 0 Å². The Morgan fingerprint density at radius 3 is 2.56 bits per heavy atom. The highest BCUT2D eigenvalue weighted by Gasteiger charge is 2.32. The van der Waals surface area contributed by atoms with Crippen molar-refractivity contribution >= 4 is 11.8 Å². The summed E-state index contributed by atoms with van der Waals surface area (Å²) in [5, 5.41) is 3.20. The Morgan fingerprint density at radius 1 is 1.03 bits per heavy atom.